The van der Waals surface area contributed by atoms with Gasteiger partial charge in [-0.3, -0.25) is 0 Å². The number of esters is 1. The molecule has 0 saturated carbocycles. The zero-order chi connectivity index (χ0) is 17.1. The maximum absolute atomic E-state index is 11.6. The molecule has 0 aliphatic carbocycles. The number of hydrogen-bond acceptors (Lipinski definition) is 3. The van der Waals surface area contributed by atoms with Gasteiger partial charge in [0.05, 0.1) is 0 Å². The molecule has 0 aliphatic heterocycles. The summed E-state index contributed by atoms with van der Waals surface area (Å²) in [5.41, 5.74) is 7.63. The first kappa shape index (κ1) is 25.1. The fraction of sp³-hybridized carbons (Fsp3) is 0.833. The van der Waals surface area contributed by atoms with Crippen LogP contribution >= 0.6 is 19.2 Å². The van der Waals surface area contributed by atoms with Crippen molar-refractivity contribution in [1.82, 2.24) is 0 Å². The minimum atomic E-state index is -2.25. The van der Waals surface area contributed by atoms with Gasteiger partial charge in [-0.1, -0.05) is 0 Å². The number of carbonyl (C=O) groups is 1. The summed E-state index contributed by atoms with van der Waals surface area (Å²) in [5.74, 6) is -0.286. The number of nitrogens with two attached hydrogens (primary N) is 1. The molecule has 0 radical (unpaired) electrons. The Kier molecular flexibility index (Phi) is 13.4. The number of rotatable bonds is 13. The summed E-state index contributed by atoms with van der Waals surface area (Å²) in [6.07, 6.45) is 11.4. The van der Waals surface area contributed by atoms with Gasteiger partial charge in [0.15, 0.2) is 0 Å². The first-order valence-electron chi connectivity index (χ1n) is 8.94. The molecule has 0 aromatic carbocycles. The summed E-state index contributed by atoms with van der Waals surface area (Å²) in [4.78, 5) is 11.6. The SMILES string of the molecule is C=C(C)C(=O)OCCP(N)(CCCC)(CCCC)CCCC.Cl. The minimum absolute atomic E-state index is 0. The van der Waals surface area contributed by atoms with Crippen molar-refractivity contribution in [1.29, 1.82) is 0 Å². The van der Waals surface area contributed by atoms with Crippen LogP contribution < -0.4 is 5.50 Å². The fourth-order valence-corrected chi connectivity index (χ4v) is 8.37. The van der Waals surface area contributed by atoms with Crippen LogP contribution in [0.1, 0.15) is 66.2 Å². The summed E-state index contributed by atoms with van der Waals surface area (Å²) >= 11 is 0. The molecule has 0 aromatic heterocycles. The van der Waals surface area contributed by atoms with E-state index in [0.29, 0.717) is 12.2 Å². The second-order valence-corrected chi connectivity index (χ2v) is 12.9. The summed E-state index contributed by atoms with van der Waals surface area (Å²) in [5, 5.41) is 0. The van der Waals surface area contributed by atoms with Crippen molar-refractivity contribution < 1.29 is 9.53 Å². The van der Waals surface area contributed by atoms with Gasteiger partial charge in [-0.05, 0) is 0 Å². The van der Waals surface area contributed by atoms with E-state index < -0.39 is 6.75 Å². The molecule has 0 unspecified atom stereocenters. The third-order valence-corrected chi connectivity index (χ3v) is 10.6. The Morgan fingerprint density at radius 2 is 1.35 bits per heavy atom. The van der Waals surface area contributed by atoms with Crippen LogP contribution in [-0.2, 0) is 9.53 Å². The van der Waals surface area contributed by atoms with Gasteiger partial charge in [-0.15, -0.1) is 12.4 Å². The number of ether oxygens (including phenoxy) is 1. The molecule has 0 spiro atoms. The molecule has 0 bridgehead atoms. The van der Waals surface area contributed by atoms with E-state index in [-0.39, 0.29) is 18.4 Å². The van der Waals surface area contributed by atoms with Gasteiger partial charge in [0.2, 0.25) is 0 Å². The summed E-state index contributed by atoms with van der Waals surface area (Å²) < 4.78 is 5.38. The molecular weight excluding hydrogens is 329 g/mol. The zero-order valence-corrected chi connectivity index (χ0v) is 17.4. The molecule has 0 aliphatic rings. The molecular formula is C18H39ClNO2P. The van der Waals surface area contributed by atoms with E-state index in [2.05, 4.69) is 27.4 Å². The summed E-state index contributed by atoms with van der Waals surface area (Å²) in [6.45, 7) is 10.2. The van der Waals surface area contributed by atoms with Crippen molar-refractivity contribution in [2.24, 2.45) is 5.50 Å². The van der Waals surface area contributed by atoms with Crippen molar-refractivity contribution in [2.45, 2.75) is 66.2 Å². The molecule has 3 nitrogen and oxygen atoms in total. The molecule has 140 valence electrons. The van der Waals surface area contributed by atoms with E-state index in [1.54, 1.807) is 6.92 Å². The van der Waals surface area contributed by atoms with Crippen molar-refractivity contribution in [3.8, 4) is 0 Å². The van der Waals surface area contributed by atoms with Crippen LogP contribution in [0.5, 0.6) is 0 Å². The van der Waals surface area contributed by atoms with Crippen molar-refractivity contribution in [3.05, 3.63) is 12.2 Å². The van der Waals surface area contributed by atoms with Crippen LogP contribution in [0.4, 0.5) is 0 Å². The van der Waals surface area contributed by atoms with Crippen LogP contribution in [-0.4, -0.2) is 37.2 Å². The molecule has 0 aromatic rings. The molecule has 23 heavy (non-hydrogen) atoms. The van der Waals surface area contributed by atoms with E-state index in [1.807, 2.05) is 0 Å². The predicted molar refractivity (Wildman–Crippen MR) is 108 cm³/mol. The Bertz CT molecular complexity index is 336. The second-order valence-electron chi connectivity index (χ2n) is 6.94. The standard InChI is InChI=1S/C18H38NO2P.ClH/c1-6-9-13-22(19,14-10-7-2,15-11-8-3)16-12-21-18(20)17(4)5;/h4,6-16,19H2,1-3,5H3;1H. The topological polar surface area (TPSA) is 52.3 Å². The minimum Gasteiger partial charge on any atom is -0.147 e. The van der Waals surface area contributed by atoms with Crippen LogP contribution in [0.3, 0.4) is 0 Å². The average Bonchev–Trinajstić information content (AvgIpc) is 2.49. The van der Waals surface area contributed by atoms with Gasteiger partial charge in [0, 0.05) is 0 Å². The van der Waals surface area contributed by atoms with Crippen LogP contribution in [0, 0.1) is 0 Å². The Morgan fingerprint density at radius 1 is 0.957 bits per heavy atom. The van der Waals surface area contributed by atoms with Crippen LogP contribution in [0.2, 0.25) is 0 Å². The largest absolute Gasteiger partial charge is 0.147 e. The second kappa shape index (κ2) is 12.3. The molecule has 0 rings (SSSR count). The van der Waals surface area contributed by atoms with Crippen LogP contribution in [0.25, 0.3) is 0 Å². The molecule has 0 amide bonds. The molecule has 0 heterocycles. The molecule has 2 N–H and O–H groups in total. The maximum Gasteiger partial charge on any atom is -0.147 e. The Hall–Kier alpha value is -0.110. The van der Waals surface area contributed by atoms with Gasteiger partial charge >= 0.3 is 137 Å². The molecule has 5 heteroatoms. The summed E-state index contributed by atoms with van der Waals surface area (Å²) in [6, 6.07) is 0. The zero-order valence-electron chi connectivity index (χ0n) is 15.7. The molecule has 0 fully saturated rings. The van der Waals surface area contributed by atoms with E-state index >= 15 is 0 Å². The first-order chi connectivity index (χ1) is 10.3. The van der Waals surface area contributed by atoms with Gasteiger partial charge in [0.1, 0.15) is 0 Å². The Morgan fingerprint density at radius 3 is 1.65 bits per heavy atom. The van der Waals surface area contributed by atoms with Gasteiger partial charge in [-0.25, -0.2) is 0 Å². The Balaban J connectivity index is 0. The van der Waals surface area contributed by atoms with E-state index in [0.717, 1.165) is 24.6 Å². The van der Waals surface area contributed by atoms with Crippen molar-refractivity contribution in [3.63, 3.8) is 0 Å². The number of halogens is 1. The van der Waals surface area contributed by atoms with Crippen LogP contribution in [0.15, 0.2) is 12.2 Å². The number of unbranched alkanes of at least 4 members (excludes halogenated alkanes) is 3. The number of hydrogen-bond donors (Lipinski definition) is 1. The monoisotopic (exact) mass is 367 g/mol. The quantitative estimate of drug-likeness (QED) is 0.271. The Labute approximate surface area is 150 Å². The molecule has 0 saturated heterocycles. The first-order valence-corrected chi connectivity index (χ1v) is 12.0. The number of carbonyl (C=O) groups excluding carboxylic acids is 1. The van der Waals surface area contributed by atoms with E-state index in [1.165, 1.54) is 38.5 Å². The van der Waals surface area contributed by atoms with Gasteiger partial charge in [-0.2, -0.15) is 0 Å². The predicted octanol–water partition coefficient (Wildman–Crippen LogP) is 5.35. The van der Waals surface area contributed by atoms with Gasteiger partial charge < -0.3 is 0 Å². The van der Waals surface area contributed by atoms with E-state index in [4.69, 9.17) is 10.2 Å². The van der Waals surface area contributed by atoms with Gasteiger partial charge in [0.25, 0.3) is 0 Å². The maximum atomic E-state index is 11.6. The van der Waals surface area contributed by atoms with Crippen molar-refractivity contribution >= 4 is 25.1 Å². The molecule has 0 atom stereocenters. The van der Waals surface area contributed by atoms with Crippen molar-refractivity contribution in [2.75, 3.05) is 31.3 Å². The third-order valence-electron chi connectivity index (χ3n) is 4.62. The normalized spacial score (nSPS) is 12.8. The fourth-order valence-electron chi connectivity index (χ4n) is 2.93. The third kappa shape index (κ3) is 9.69. The summed E-state index contributed by atoms with van der Waals surface area (Å²) in [7, 11) is 0. The average molecular weight is 368 g/mol. The van der Waals surface area contributed by atoms with E-state index in [9.17, 15) is 4.79 Å². The smallest absolute Gasteiger partial charge is 0.147 e.